The van der Waals surface area contributed by atoms with Crippen molar-refractivity contribution in [3.63, 3.8) is 0 Å². The van der Waals surface area contributed by atoms with E-state index in [2.05, 4.69) is 55.6 Å². The molecule has 1 aliphatic rings. The van der Waals surface area contributed by atoms with E-state index in [0.29, 0.717) is 0 Å². The van der Waals surface area contributed by atoms with E-state index in [1.165, 1.54) is 16.7 Å². The van der Waals surface area contributed by atoms with Gasteiger partial charge in [-0.3, -0.25) is 0 Å². The van der Waals surface area contributed by atoms with E-state index < -0.39 is 0 Å². The Bertz CT molecular complexity index is 634. The predicted molar refractivity (Wildman–Crippen MR) is 95.9 cm³/mol. The Hall–Kier alpha value is -0.0888. The summed E-state index contributed by atoms with van der Waals surface area (Å²) in [6.45, 7) is 10.3. The quantitative estimate of drug-likeness (QED) is 0.460. The molecule has 1 aliphatic carbocycles. The molecular formula is C19H25Cl2NSiTi. The molecule has 0 aliphatic heterocycles. The fourth-order valence-corrected chi connectivity index (χ4v) is 3.88. The third kappa shape index (κ3) is 7.03. The topological polar surface area (TPSA) is 23.8 Å². The molecule has 5 heteroatoms. The van der Waals surface area contributed by atoms with Gasteiger partial charge in [0.2, 0.25) is 0 Å². The molecule has 24 heavy (non-hydrogen) atoms. The second-order valence-electron chi connectivity index (χ2n) is 6.92. The summed E-state index contributed by atoms with van der Waals surface area (Å²) in [6, 6.07) is 15.6. The van der Waals surface area contributed by atoms with Gasteiger partial charge in [0.05, 0.1) is 8.80 Å². The van der Waals surface area contributed by atoms with Gasteiger partial charge in [0.25, 0.3) is 0 Å². The molecule has 2 radical (unpaired) electrons. The molecular weight excluding hydrogens is 389 g/mol. The van der Waals surface area contributed by atoms with Gasteiger partial charge in [0.1, 0.15) is 0 Å². The molecule has 128 valence electrons. The van der Waals surface area contributed by atoms with Crippen molar-refractivity contribution < 1.29 is 46.5 Å². The largest absolute Gasteiger partial charge is 3.00 e. The van der Waals surface area contributed by atoms with E-state index in [1.54, 1.807) is 10.8 Å². The van der Waals surface area contributed by atoms with Crippen LogP contribution in [0.4, 0.5) is 0 Å². The summed E-state index contributed by atoms with van der Waals surface area (Å²) in [5.74, 6) is 0. The summed E-state index contributed by atoms with van der Waals surface area (Å²) >= 11 is 0. The van der Waals surface area contributed by atoms with Crippen molar-refractivity contribution in [2.24, 2.45) is 0 Å². The van der Waals surface area contributed by atoms with Crippen LogP contribution in [0.5, 0.6) is 0 Å². The van der Waals surface area contributed by atoms with Crippen molar-refractivity contribution in [2.75, 3.05) is 0 Å². The van der Waals surface area contributed by atoms with Crippen LogP contribution in [0, 0.1) is 0 Å². The fourth-order valence-electron chi connectivity index (χ4n) is 2.63. The number of hydrogen-bond acceptors (Lipinski definition) is 0. The van der Waals surface area contributed by atoms with Crippen molar-refractivity contribution in [1.29, 1.82) is 0 Å². The molecule has 3 rings (SSSR count). The summed E-state index contributed by atoms with van der Waals surface area (Å²) in [5.41, 5.74) is 12.7. The van der Waals surface area contributed by atoms with E-state index in [0.717, 1.165) is 6.42 Å². The number of halogens is 2. The SMILES string of the molecule is CC(C)(C)[NH-].C[Si](C)c1cccc2c1Cc1ccccc1-2.[Cl-].[Cl-].[Ti+3]. The minimum absolute atomic E-state index is 0. The summed E-state index contributed by atoms with van der Waals surface area (Å²) < 4.78 is 0. The van der Waals surface area contributed by atoms with E-state index in [1.807, 2.05) is 20.8 Å². The molecule has 2 aromatic rings. The van der Waals surface area contributed by atoms with Crippen LogP contribution in [-0.4, -0.2) is 14.3 Å². The maximum atomic E-state index is 6.94. The third-order valence-corrected chi connectivity index (χ3v) is 4.94. The zero-order chi connectivity index (χ0) is 15.6. The van der Waals surface area contributed by atoms with Gasteiger partial charge in [-0.1, -0.05) is 81.5 Å². The Kier molecular flexibility index (Phi) is 11.8. The van der Waals surface area contributed by atoms with Crippen LogP contribution in [-0.2, 0) is 28.1 Å². The predicted octanol–water partition coefficient (Wildman–Crippen LogP) is -0.938. The van der Waals surface area contributed by atoms with Crippen molar-refractivity contribution in [3.8, 4) is 11.1 Å². The van der Waals surface area contributed by atoms with Gasteiger partial charge in [-0.05, 0) is 28.7 Å². The Morgan fingerprint density at radius 3 is 1.92 bits per heavy atom. The van der Waals surface area contributed by atoms with E-state index in [4.69, 9.17) is 5.73 Å². The van der Waals surface area contributed by atoms with E-state index in [-0.39, 0.29) is 60.9 Å². The number of fused-ring (bicyclic) bond motifs is 3. The molecule has 2 aromatic carbocycles. The maximum Gasteiger partial charge on any atom is 3.00 e. The Morgan fingerprint density at radius 1 is 0.875 bits per heavy atom. The monoisotopic (exact) mass is 413 g/mol. The maximum absolute atomic E-state index is 6.94. The zero-order valence-electron chi connectivity index (χ0n) is 15.0. The summed E-state index contributed by atoms with van der Waals surface area (Å²) in [7, 11) is -0.353. The van der Waals surface area contributed by atoms with Gasteiger partial charge in [-0.2, -0.15) is 0 Å². The van der Waals surface area contributed by atoms with Crippen LogP contribution < -0.4 is 30.0 Å². The molecule has 0 heterocycles. The zero-order valence-corrected chi connectivity index (χ0v) is 19.1. The van der Waals surface area contributed by atoms with Gasteiger partial charge in [0.15, 0.2) is 0 Å². The van der Waals surface area contributed by atoms with Crippen molar-refractivity contribution in [1.82, 2.24) is 0 Å². The van der Waals surface area contributed by atoms with Gasteiger partial charge >= 0.3 is 21.7 Å². The molecule has 0 bridgehead atoms. The van der Waals surface area contributed by atoms with Crippen LogP contribution in [0.3, 0.4) is 0 Å². The first-order chi connectivity index (χ1) is 9.77. The van der Waals surface area contributed by atoms with Gasteiger partial charge in [-0.25, -0.2) is 0 Å². The van der Waals surface area contributed by atoms with Crippen LogP contribution >= 0.6 is 0 Å². The summed E-state index contributed by atoms with van der Waals surface area (Å²) in [5, 5.41) is 1.61. The Morgan fingerprint density at radius 2 is 1.38 bits per heavy atom. The molecule has 0 saturated carbocycles. The standard InChI is InChI=1S/C15H15Si.C4H10N.2ClH.Ti/c1-16(2)15-9-5-8-13-12-7-4-3-6-11(12)10-14(13)15;1-4(2,3)5;;;/h3-9H,10H2,1-2H3;5H,1-3H3;2*1H;/q;-1;;;+3/p-2. The molecule has 1 nitrogen and oxygen atoms in total. The first-order valence-corrected chi connectivity index (χ1v) is 10.0. The van der Waals surface area contributed by atoms with Crippen LogP contribution in [0.2, 0.25) is 13.1 Å². The Balaban J connectivity index is 0. The van der Waals surface area contributed by atoms with Crippen molar-refractivity contribution >= 4 is 14.0 Å². The van der Waals surface area contributed by atoms with Crippen molar-refractivity contribution in [2.45, 2.75) is 45.8 Å². The average molecular weight is 414 g/mol. The van der Waals surface area contributed by atoms with Crippen molar-refractivity contribution in [3.05, 3.63) is 59.3 Å². The van der Waals surface area contributed by atoms with Crippen LogP contribution in [0.25, 0.3) is 16.9 Å². The van der Waals surface area contributed by atoms with E-state index >= 15 is 0 Å². The third-order valence-electron chi connectivity index (χ3n) is 3.39. The first-order valence-electron chi connectivity index (χ1n) is 7.53. The Labute approximate surface area is 176 Å². The van der Waals surface area contributed by atoms with Crippen LogP contribution in [0.15, 0.2) is 42.5 Å². The minimum atomic E-state index is -0.353. The smallest absolute Gasteiger partial charge is 1.00 e. The number of benzene rings is 2. The fraction of sp³-hybridized carbons (Fsp3) is 0.368. The molecule has 0 amide bonds. The molecule has 0 unspecified atom stereocenters. The first kappa shape index (κ1) is 26.1. The molecule has 0 spiro atoms. The summed E-state index contributed by atoms with van der Waals surface area (Å²) in [4.78, 5) is 0. The normalized spacial score (nSPS) is 11.0. The average Bonchev–Trinajstić information content (AvgIpc) is 2.74. The molecule has 0 atom stereocenters. The van der Waals surface area contributed by atoms with Crippen LogP contribution in [0.1, 0.15) is 31.9 Å². The second kappa shape index (κ2) is 10.8. The van der Waals surface area contributed by atoms with Gasteiger partial charge in [-0.15, -0.1) is 5.54 Å². The van der Waals surface area contributed by atoms with Gasteiger partial charge in [0, 0.05) is 0 Å². The molecule has 0 saturated heterocycles. The molecule has 0 aromatic heterocycles. The number of nitrogens with one attached hydrogen (secondary N) is 1. The summed E-state index contributed by atoms with van der Waals surface area (Å²) in [6.07, 6.45) is 1.14. The molecule has 0 fully saturated rings. The van der Waals surface area contributed by atoms with E-state index in [9.17, 15) is 0 Å². The minimum Gasteiger partial charge on any atom is -1.00 e. The van der Waals surface area contributed by atoms with Gasteiger partial charge < -0.3 is 30.5 Å². The molecule has 1 N–H and O–H groups in total. The second-order valence-corrected chi connectivity index (χ2v) is 9.45. The number of rotatable bonds is 1. The number of hydrogen-bond donors (Lipinski definition) is 0.